The number of ether oxygens (including phenoxy) is 1. The number of benzene rings is 2. The van der Waals surface area contributed by atoms with Crippen molar-refractivity contribution in [1.82, 2.24) is 5.06 Å². The maximum Gasteiger partial charge on any atom is 0.0829 e. The van der Waals surface area contributed by atoms with Gasteiger partial charge in [0.1, 0.15) is 0 Å². The number of fused-ring (bicyclic) bond motifs is 1. The molecule has 0 aliphatic carbocycles. The third kappa shape index (κ3) is 2.80. The Kier molecular flexibility index (Phi) is 3.94. The molecule has 22 heavy (non-hydrogen) atoms. The average Bonchev–Trinajstić information content (AvgIpc) is 2.99. The molecule has 2 aromatic rings. The molecule has 2 aliphatic rings. The molecule has 0 N–H and O–H groups in total. The summed E-state index contributed by atoms with van der Waals surface area (Å²) in [5.74, 6) is 0.558. The van der Waals surface area contributed by atoms with Gasteiger partial charge >= 0.3 is 0 Å². The quantitative estimate of drug-likeness (QED) is 0.864. The molecule has 2 fully saturated rings. The van der Waals surface area contributed by atoms with Gasteiger partial charge < -0.3 is 4.74 Å². The minimum Gasteiger partial charge on any atom is -0.372 e. The lowest BCUT2D eigenvalue weighted by Gasteiger charge is -2.34. The second kappa shape index (κ2) is 6.21. The highest BCUT2D eigenvalue weighted by atomic mass is 16.7. The summed E-state index contributed by atoms with van der Waals surface area (Å²) in [6.45, 7) is 2.39. The first-order chi connectivity index (χ1) is 10.9. The van der Waals surface area contributed by atoms with E-state index < -0.39 is 0 Å². The second-order valence-electron chi connectivity index (χ2n) is 6.15. The van der Waals surface area contributed by atoms with Gasteiger partial charge in [-0.05, 0) is 17.5 Å². The SMILES string of the molecule is c1ccc(CN2OC[C@@H]3C[C@H](c4ccccc4)OC[C@@H]32)cc1. The molecule has 4 rings (SSSR count). The first-order valence-electron chi connectivity index (χ1n) is 8.00. The van der Waals surface area contributed by atoms with Crippen molar-refractivity contribution in [2.75, 3.05) is 13.2 Å². The molecule has 0 saturated carbocycles. The van der Waals surface area contributed by atoms with E-state index in [0.29, 0.717) is 12.0 Å². The van der Waals surface area contributed by atoms with Crippen LogP contribution in [0.25, 0.3) is 0 Å². The molecule has 3 atom stereocenters. The van der Waals surface area contributed by atoms with E-state index in [1.807, 2.05) is 6.07 Å². The van der Waals surface area contributed by atoms with Crippen molar-refractivity contribution in [3.8, 4) is 0 Å². The van der Waals surface area contributed by atoms with E-state index in [-0.39, 0.29) is 6.10 Å². The zero-order valence-electron chi connectivity index (χ0n) is 12.6. The highest BCUT2D eigenvalue weighted by molar-refractivity contribution is 5.19. The number of hydrogen-bond acceptors (Lipinski definition) is 3. The molecule has 3 nitrogen and oxygen atoms in total. The molecule has 3 heteroatoms. The summed E-state index contributed by atoms with van der Waals surface area (Å²) in [6.07, 6.45) is 1.25. The molecule has 0 radical (unpaired) electrons. The maximum atomic E-state index is 6.12. The lowest BCUT2D eigenvalue weighted by molar-refractivity contribution is -0.157. The van der Waals surface area contributed by atoms with Crippen LogP contribution >= 0.6 is 0 Å². The molecule has 0 unspecified atom stereocenters. The van der Waals surface area contributed by atoms with Gasteiger partial charge in [0.2, 0.25) is 0 Å². The van der Waals surface area contributed by atoms with Crippen molar-refractivity contribution < 1.29 is 9.57 Å². The lowest BCUT2D eigenvalue weighted by Crippen LogP contribution is -2.40. The smallest absolute Gasteiger partial charge is 0.0829 e. The maximum absolute atomic E-state index is 6.12. The van der Waals surface area contributed by atoms with Gasteiger partial charge in [-0.3, -0.25) is 4.84 Å². The zero-order chi connectivity index (χ0) is 14.8. The Morgan fingerprint density at radius 3 is 2.41 bits per heavy atom. The van der Waals surface area contributed by atoms with E-state index in [1.165, 1.54) is 11.1 Å². The first kappa shape index (κ1) is 13.9. The average molecular weight is 295 g/mol. The molecule has 0 spiro atoms. The molecule has 114 valence electrons. The fourth-order valence-corrected chi connectivity index (χ4v) is 3.46. The molecule has 0 aromatic heterocycles. The summed E-state index contributed by atoms with van der Waals surface area (Å²) in [6, 6.07) is 21.4. The monoisotopic (exact) mass is 295 g/mol. The summed E-state index contributed by atoms with van der Waals surface area (Å²) < 4.78 is 6.12. The van der Waals surface area contributed by atoms with Gasteiger partial charge in [0.15, 0.2) is 0 Å². The summed E-state index contributed by atoms with van der Waals surface area (Å²) in [5, 5.41) is 2.11. The van der Waals surface area contributed by atoms with Crippen LogP contribution in [0.2, 0.25) is 0 Å². The van der Waals surface area contributed by atoms with Crippen molar-refractivity contribution in [3.05, 3.63) is 71.8 Å². The van der Waals surface area contributed by atoms with Crippen molar-refractivity contribution >= 4 is 0 Å². The van der Waals surface area contributed by atoms with Crippen LogP contribution in [0.4, 0.5) is 0 Å². The normalized spacial score (nSPS) is 28.5. The van der Waals surface area contributed by atoms with Crippen LogP contribution < -0.4 is 0 Å². The van der Waals surface area contributed by atoms with Crippen LogP contribution in [0.3, 0.4) is 0 Å². The minimum atomic E-state index is 0.211. The molecule has 2 saturated heterocycles. The highest BCUT2D eigenvalue weighted by Crippen LogP contribution is 2.37. The Labute approximate surface area is 131 Å². The number of hydrogen-bond donors (Lipinski definition) is 0. The standard InChI is InChI=1S/C19H21NO2/c1-3-7-15(8-4-1)12-20-18-14-21-19(11-17(18)13-22-20)16-9-5-2-6-10-16/h1-10,17-19H,11-14H2/t17-,18-,19+/m0/s1. The third-order valence-electron chi connectivity index (χ3n) is 4.71. The molecule has 0 bridgehead atoms. The summed E-state index contributed by atoms with van der Waals surface area (Å²) in [4.78, 5) is 5.94. The van der Waals surface area contributed by atoms with E-state index in [4.69, 9.17) is 9.57 Å². The predicted octanol–water partition coefficient (Wildman–Crippen LogP) is 3.58. The van der Waals surface area contributed by atoms with E-state index in [2.05, 4.69) is 59.7 Å². The molecule has 2 heterocycles. The zero-order valence-corrected chi connectivity index (χ0v) is 12.6. The second-order valence-corrected chi connectivity index (χ2v) is 6.15. The van der Waals surface area contributed by atoms with Crippen molar-refractivity contribution in [2.24, 2.45) is 5.92 Å². The van der Waals surface area contributed by atoms with Crippen molar-refractivity contribution in [2.45, 2.75) is 25.1 Å². The topological polar surface area (TPSA) is 21.7 Å². The largest absolute Gasteiger partial charge is 0.372 e. The van der Waals surface area contributed by atoms with Gasteiger partial charge in [-0.15, -0.1) is 0 Å². The van der Waals surface area contributed by atoms with Crippen LogP contribution in [0, 0.1) is 5.92 Å². The van der Waals surface area contributed by atoms with Crippen LogP contribution in [0.1, 0.15) is 23.7 Å². The number of hydroxylamine groups is 2. The van der Waals surface area contributed by atoms with E-state index in [9.17, 15) is 0 Å². The highest BCUT2D eigenvalue weighted by Gasteiger charge is 2.41. The van der Waals surface area contributed by atoms with Gasteiger partial charge in [0.05, 0.1) is 25.4 Å². The van der Waals surface area contributed by atoms with Gasteiger partial charge in [-0.2, -0.15) is 5.06 Å². The Morgan fingerprint density at radius 2 is 1.64 bits per heavy atom. The Bertz CT molecular complexity index is 601. The van der Waals surface area contributed by atoms with Gasteiger partial charge in [-0.1, -0.05) is 60.7 Å². The first-order valence-corrected chi connectivity index (χ1v) is 8.00. The number of nitrogens with zero attached hydrogens (tertiary/aromatic N) is 1. The summed E-state index contributed by atoms with van der Waals surface area (Å²) in [5.41, 5.74) is 2.57. The number of rotatable bonds is 3. The third-order valence-corrected chi connectivity index (χ3v) is 4.71. The van der Waals surface area contributed by atoms with Gasteiger partial charge in [0.25, 0.3) is 0 Å². The summed E-state index contributed by atoms with van der Waals surface area (Å²) in [7, 11) is 0. The van der Waals surface area contributed by atoms with Gasteiger partial charge in [0, 0.05) is 12.5 Å². The van der Waals surface area contributed by atoms with E-state index in [1.54, 1.807) is 0 Å². The Balaban J connectivity index is 1.42. The summed E-state index contributed by atoms with van der Waals surface area (Å²) >= 11 is 0. The predicted molar refractivity (Wildman–Crippen MR) is 85.0 cm³/mol. The van der Waals surface area contributed by atoms with E-state index in [0.717, 1.165) is 26.2 Å². The van der Waals surface area contributed by atoms with Crippen LogP contribution in [-0.4, -0.2) is 24.3 Å². The minimum absolute atomic E-state index is 0.211. The molecule has 2 aliphatic heterocycles. The van der Waals surface area contributed by atoms with Crippen LogP contribution in [-0.2, 0) is 16.1 Å². The van der Waals surface area contributed by atoms with Crippen molar-refractivity contribution in [3.63, 3.8) is 0 Å². The van der Waals surface area contributed by atoms with Crippen molar-refractivity contribution in [1.29, 1.82) is 0 Å². The van der Waals surface area contributed by atoms with E-state index >= 15 is 0 Å². The lowest BCUT2D eigenvalue weighted by atomic mass is 9.89. The fraction of sp³-hybridized carbons (Fsp3) is 0.368. The Hall–Kier alpha value is -1.68. The van der Waals surface area contributed by atoms with Gasteiger partial charge in [-0.25, -0.2) is 0 Å². The molecular formula is C19H21NO2. The van der Waals surface area contributed by atoms with Crippen LogP contribution in [0.5, 0.6) is 0 Å². The Morgan fingerprint density at radius 1 is 0.909 bits per heavy atom. The fourth-order valence-electron chi connectivity index (χ4n) is 3.46. The molecule has 0 amide bonds. The molecule has 2 aromatic carbocycles. The van der Waals surface area contributed by atoms with Crippen LogP contribution in [0.15, 0.2) is 60.7 Å². The molecular weight excluding hydrogens is 274 g/mol.